The van der Waals surface area contributed by atoms with Gasteiger partial charge in [-0.3, -0.25) is 9.48 Å². The summed E-state index contributed by atoms with van der Waals surface area (Å²) in [6, 6.07) is 7.63. The van der Waals surface area contributed by atoms with Crippen LogP contribution in [0.1, 0.15) is 28.5 Å². The summed E-state index contributed by atoms with van der Waals surface area (Å²) in [5.74, 6) is 0.0351. The Morgan fingerprint density at radius 1 is 1.41 bits per heavy atom. The molecule has 1 aromatic carbocycles. The third-order valence-electron chi connectivity index (χ3n) is 2.76. The van der Waals surface area contributed by atoms with Gasteiger partial charge >= 0.3 is 0 Å². The number of benzene rings is 1. The van der Waals surface area contributed by atoms with Crippen molar-refractivity contribution in [1.29, 1.82) is 0 Å². The predicted octanol–water partition coefficient (Wildman–Crippen LogP) is 3.10. The van der Waals surface area contributed by atoms with E-state index >= 15 is 0 Å². The van der Waals surface area contributed by atoms with E-state index in [1.54, 1.807) is 17.8 Å². The van der Waals surface area contributed by atoms with Crippen LogP contribution in [0.15, 0.2) is 30.5 Å². The number of carbonyl (C=O) groups excluding carboxylic acids is 1. The van der Waals surface area contributed by atoms with Gasteiger partial charge in [0.15, 0.2) is 5.78 Å². The maximum atomic E-state index is 11.3. The molecule has 1 heterocycles. The second-order valence-electron chi connectivity index (χ2n) is 3.95. The van der Waals surface area contributed by atoms with Gasteiger partial charge in [0.05, 0.1) is 18.3 Å². The van der Waals surface area contributed by atoms with E-state index in [1.807, 2.05) is 31.2 Å². The van der Waals surface area contributed by atoms with Crippen LogP contribution in [-0.4, -0.2) is 15.6 Å². The summed E-state index contributed by atoms with van der Waals surface area (Å²) >= 11 is 6.09. The SMILES string of the molecule is CC(=O)c1cnn(Cc2ccccc2Cl)c1C. The fraction of sp³-hybridized carbons (Fsp3) is 0.231. The van der Waals surface area contributed by atoms with Gasteiger partial charge in [0, 0.05) is 10.7 Å². The van der Waals surface area contributed by atoms with Crippen molar-refractivity contribution in [3.8, 4) is 0 Å². The number of aromatic nitrogens is 2. The molecule has 4 heteroatoms. The molecule has 0 unspecified atom stereocenters. The van der Waals surface area contributed by atoms with Gasteiger partial charge in [0.1, 0.15) is 0 Å². The molecule has 0 saturated carbocycles. The first-order valence-corrected chi connectivity index (χ1v) is 5.74. The molecule has 0 fully saturated rings. The molecule has 0 amide bonds. The molecule has 0 spiro atoms. The minimum Gasteiger partial charge on any atom is -0.294 e. The van der Waals surface area contributed by atoms with Crippen molar-refractivity contribution < 1.29 is 4.79 Å². The van der Waals surface area contributed by atoms with Crippen molar-refractivity contribution >= 4 is 17.4 Å². The van der Waals surface area contributed by atoms with Gasteiger partial charge in [-0.25, -0.2) is 0 Å². The summed E-state index contributed by atoms with van der Waals surface area (Å²) in [6.07, 6.45) is 1.61. The van der Waals surface area contributed by atoms with Gasteiger partial charge in [-0.05, 0) is 25.5 Å². The zero-order valence-electron chi connectivity index (χ0n) is 9.77. The molecule has 0 radical (unpaired) electrons. The summed E-state index contributed by atoms with van der Waals surface area (Å²) < 4.78 is 1.79. The lowest BCUT2D eigenvalue weighted by atomic mass is 10.2. The molecule has 2 rings (SSSR count). The molecular formula is C13H13ClN2O. The standard InChI is InChI=1S/C13H13ClN2O/c1-9-12(10(2)17)7-15-16(9)8-11-5-3-4-6-13(11)14/h3-7H,8H2,1-2H3. The largest absolute Gasteiger partial charge is 0.294 e. The topological polar surface area (TPSA) is 34.9 Å². The Morgan fingerprint density at radius 2 is 2.12 bits per heavy atom. The van der Waals surface area contributed by atoms with Crippen LogP contribution in [-0.2, 0) is 6.54 Å². The molecule has 0 bridgehead atoms. The van der Waals surface area contributed by atoms with E-state index in [0.29, 0.717) is 17.1 Å². The first-order chi connectivity index (χ1) is 8.09. The van der Waals surface area contributed by atoms with Crippen LogP contribution in [0.3, 0.4) is 0 Å². The lowest BCUT2D eigenvalue weighted by molar-refractivity contribution is 0.101. The van der Waals surface area contributed by atoms with E-state index in [4.69, 9.17) is 11.6 Å². The molecule has 17 heavy (non-hydrogen) atoms. The van der Waals surface area contributed by atoms with Gasteiger partial charge < -0.3 is 0 Å². The van der Waals surface area contributed by atoms with Crippen molar-refractivity contribution in [3.63, 3.8) is 0 Å². The van der Waals surface area contributed by atoms with Gasteiger partial charge in [0.2, 0.25) is 0 Å². The molecular weight excluding hydrogens is 236 g/mol. The Bertz CT molecular complexity index is 560. The van der Waals surface area contributed by atoms with Crippen LogP contribution >= 0.6 is 11.6 Å². The van der Waals surface area contributed by atoms with E-state index in [9.17, 15) is 4.79 Å². The number of hydrogen-bond donors (Lipinski definition) is 0. The lowest BCUT2D eigenvalue weighted by Crippen LogP contribution is -2.05. The highest BCUT2D eigenvalue weighted by Crippen LogP contribution is 2.17. The van der Waals surface area contributed by atoms with Crippen LogP contribution < -0.4 is 0 Å². The molecule has 1 aromatic heterocycles. The summed E-state index contributed by atoms with van der Waals surface area (Å²) in [7, 11) is 0. The Morgan fingerprint density at radius 3 is 2.71 bits per heavy atom. The normalized spacial score (nSPS) is 10.5. The Balaban J connectivity index is 2.31. The zero-order valence-corrected chi connectivity index (χ0v) is 10.5. The van der Waals surface area contributed by atoms with Gasteiger partial charge in [0.25, 0.3) is 0 Å². The van der Waals surface area contributed by atoms with E-state index in [-0.39, 0.29) is 5.78 Å². The molecule has 0 aliphatic rings. The third-order valence-corrected chi connectivity index (χ3v) is 3.13. The summed E-state index contributed by atoms with van der Waals surface area (Å²) in [5, 5.41) is 4.93. The van der Waals surface area contributed by atoms with Crippen molar-refractivity contribution in [3.05, 3.63) is 52.3 Å². The molecule has 0 aliphatic carbocycles. The number of rotatable bonds is 3. The number of carbonyl (C=O) groups is 1. The van der Waals surface area contributed by atoms with Gasteiger partial charge in [-0.2, -0.15) is 5.10 Å². The fourth-order valence-corrected chi connectivity index (χ4v) is 1.94. The average molecular weight is 249 g/mol. The summed E-state index contributed by atoms with van der Waals surface area (Å²) in [4.78, 5) is 11.3. The van der Waals surface area contributed by atoms with Gasteiger partial charge in [-0.1, -0.05) is 29.8 Å². The highest BCUT2D eigenvalue weighted by Gasteiger charge is 2.11. The Kier molecular flexibility index (Phi) is 3.29. The fourth-order valence-electron chi connectivity index (χ4n) is 1.74. The van der Waals surface area contributed by atoms with Crippen LogP contribution in [0.5, 0.6) is 0 Å². The van der Waals surface area contributed by atoms with Crippen LogP contribution in [0.4, 0.5) is 0 Å². The van der Waals surface area contributed by atoms with Crippen molar-refractivity contribution in [1.82, 2.24) is 9.78 Å². The number of ketones is 1. The summed E-state index contributed by atoms with van der Waals surface area (Å²) in [6.45, 7) is 4.02. The van der Waals surface area contributed by atoms with Crippen LogP contribution in [0.25, 0.3) is 0 Å². The summed E-state index contributed by atoms with van der Waals surface area (Å²) in [5.41, 5.74) is 2.53. The molecule has 88 valence electrons. The Labute approximate surface area is 105 Å². The molecule has 2 aromatic rings. The molecule has 3 nitrogen and oxygen atoms in total. The third kappa shape index (κ3) is 2.39. The molecule has 0 atom stereocenters. The van der Waals surface area contributed by atoms with E-state index in [2.05, 4.69) is 5.10 Å². The second kappa shape index (κ2) is 4.72. The monoisotopic (exact) mass is 248 g/mol. The lowest BCUT2D eigenvalue weighted by Gasteiger charge is -2.06. The minimum atomic E-state index is 0.0351. The van der Waals surface area contributed by atoms with Crippen molar-refractivity contribution in [2.45, 2.75) is 20.4 Å². The second-order valence-corrected chi connectivity index (χ2v) is 4.36. The average Bonchev–Trinajstić information content (AvgIpc) is 2.64. The maximum Gasteiger partial charge on any atom is 0.163 e. The molecule has 0 N–H and O–H groups in total. The molecule has 0 aliphatic heterocycles. The highest BCUT2D eigenvalue weighted by atomic mass is 35.5. The van der Waals surface area contributed by atoms with E-state index in [0.717, 1.165) is 11.3 Å². The smallest absolute Gasteiger partial charge is 0.163 e. The van der Waals surface area contributed by atoms with Crippen LogP contribution in [0, 0.1) is 6.92 Å². The van der Waals surface area contributed by atoms with E-state index in [1.165, 1.54) is 0 Å². The number of hydrogen-bond acceptors (Lipinski definition) is 2. The quantitative estimate of drug-likeness (QED) is 0.783. The zero-order chi connectivity index (χ0) is 12.4. The maximum absolute atomic E-state index is 11.3. The predicted molar refractivity (Wildman–Crippen MR) is 67.5 cm³/mol. The van der Waals surface area contributed by atoms with Crippen molar-refractivity contribution in [2.75, 3.05) is 0 Å². The van der Waals surface area contributed by atoms with Crippen LogP contribution in [0.2, 0.25) is 5.02 Å². The minimum absolute atomic E-state index is 0.0351. The van der Waals surface area contributed by atoms with Gasteiger partial charge in [-0.15, -0.1) is 0 Å². The first kappa shape index (κ1) is 11.9. The number of halogens is 1. The highest BCUT2D eigenvalue weighted by molar-refractivity contribution is 6.31. The van der Waals surface area contributed by atoms with E-state index < -0.39 is 0 Å². The number of Topliss-reactive ketones (excluding diaryl/α,β-unsaturated/α-hetero) is 1. The first-order valence-electron chi connectivity index (χ1n) is 5.36. The molecule has 0 saturated heterocycles. The number of nitrogens with zero attached hydrogens (tertiary/aromatic N) is 2. The van der Waals surface area contributed by atoms with Crippen molar-refractivity contribution in [2.24, 2.45) is 0 Å². The Hall–Kier alpha value is -1.61.